The third kappa shape index (κ3) is 2.43. The second-order valence-electron chi connectivity index (χ2n) is 5.69. The number of fused-ring (bicyclic) bond motifs is 1. The quantitative estimate of drug-likeness (QED) is 0.817. The molecular formula is C16H16N2O2. The lowest BCUT2D eigenvalue weighted by Crippen LogP contribution is -2.10. The number of aromatic nitrogens is 1. The number of carboxylic acid groups (broad SMARTS) is 1. The first-order valence-electron chi connectivity index (χ1n) is 6.30. The number of nitrogens with zero attached hydrogens (tertiary/aromatic N) is 1. The van der Waals surface area contributed by atoms with Crippen molar-refractivity contribution in [3.63, 3.8) is 0 Å². The summed E-state index contributed by atoms with van der Waals surface area (Å²) in [4.78, 5) is 14.1. The van der Waals surface area contributed by atoms with Gasteiger partial charge in [0.1, 0.15) is 6.07 Å². The van der Waals surface area contributed by atoms with Crippen molar-refractivity contribution in [3.05, 3.63) is 41.6 Å². The lowest BCUT2D eigenvalue weighted by Gasteiger charge is -2.22. The van der Waals surface area contributed by atoms with E-state index >= 15 is 0 Å². The molecular weight excluding hydrogens is 252 g/mol. The fourth-order valence-corrected chi connectivity index (χ4v) is 2.29. The summed E-state index contributed by atoms with van der Waals surface area (Å²) in [6.07, 6.45) is 3.01. The molecule has 0 aliphatic rings. The second-order valence-corrected chi connectivity index (χ2v) is 5.69. The number of aliphatic carboxylic acids is 1. The van der Waals surface area contributed by atoms with Gasteiger partial charge < -0.3 is 10.1 Å². The Hall–Kier alpha value is -2.54. The number of nitrogens with one attached hydrogen (secondary N) is 1. The Kier molecular flexibility index (Phi) is 3.37. The van der Waals surface area contributed by atoms with Crippen LogP contribution in [0.3, 0.4) is 0 Å². The smallest absolute Gasteiger partial charge is 0.328 e. The number of para-hydroxylation sites is 1. The van der Waals surface area contributed by atoms with Crippen molar-refractivity contribution in [2.24, 2.45) is 5.41 Å². The van der Waals surface area contributed by atoms with E-state index in [0.717, 1.165) is 22.0 Å². The molecule has 0 fully saturated rings. The zero-order valence-electron chi connectivity index (χ0n) is 11.7. The highest BCUT2D eigenvalue weighted by Crippen LogP contribution is 2.38. The van der Waals surface area contributed by atoms with Gasteiger partial charge in [0.15, 0.2) is 0 Å². The molecule has 0 aliphatic carbocycles. The predicted octanol–water partition coefficient (Wildman–Crippen LogP) is 3.55. The number of benzene rings is 1. The third-order valence-electron chi connectivity index (χ3n) is 3.20. The molecule has 2 aromatic rings. The maximum absolute atomic E-state index is 11.1. The van der Waals surface area contributed by atoms with Crippen LogP contribution in [0, 0.1) is 16.7 Å². The standard InChI is InChI=1S/C16H16N2O2/c1-16(2,3)13(7-14(19)20)12-9-18-15-10(8-17)5-4-6-11(12)15/h4-7,9,18H,1-3H3,(H,19,20)/b13-7-. The summed E-state index contributed by atoms with van der Waals surface area (Å²) in [6.45, 7) is 5.90. The van der Waals surface area contributed by atoms with E-state index in [1.54, 1.807) is 18.3 Å². The molecule has 0 atom stereocenters. The maximum atomic E-state index is 11.1. The molecule has 2 rings (SSSR count). The number of hydrogen-bond acceptors (Lipinski definition) is 2. The monoisotopic (exact) mass is 268 g/mol. The summed E-state index contributed by atoms with van der Waals surface area (Å²) < 4.78 is 0. The number of hydrogen-bond donors (Lipinski definition) is 2. The summed E-state index contributed by atoms with van der Waals surface area (Å²) in [5.74, 6) is -0.972. The molecule has 4 heteroatoms. The number of rotatable bonds is 2. The van der Waals surface area contributed by atoms with Crippen LogP contribution in [0.5, 0.6) is 0 Å². The zero-order valence-corrected chi connectivity index (χ0v) is 11.7. The number of H-pyrrole nitrogens is 1. The van der Waals surface area contributed by atoms with Crippen LogP contribution in [0.25, 0.3) is 16.5 Å². The Morgan fingerprint density at radius 2 is 2.10 bits per heavy atom. The van der Waals surface area contributed by atoms with Gasteiger partial charge in [-0.25, -0.2) is 4.79 Å². The van der Waals surface area contributed by atoms with Crippen LogP contribution < -0.4 is 0 Å². The van der Waals surface area contributed by atoms with Crippen molar-refractivity contribution >= 4 is 22.4 Å². The van der Waals surface area contributed by atoms with Crippen molar-refractivity contribution < 1.29 is 9.90 Å². The SMILES string of the molecule is CC(C)(C)/C(=C\C(=O)O)c1c[nH]c2c(C#N)cccc12. The summed E-state index contributed by atoms with van der Waals surface area (Å²) >= 11 is 0. The molecule has 1 heterocycles. The van der Waals surface area contributed by atoms with E-state index in [9.17, 15) is 4.79 Å². The molecule has 4 nitrogen and oxygen atoms in total. The van der Waals surface area contributed by atoms with E-state index in [4.69, 9.17) is 10.4 Å². The number of carboxylic acids is 1. The number of nitriles is 1. The summed E-state index contributed by atoms with van der Waals surface area (Å²) in [7, 11) is 0. The molecule has 1 aromatic heterocycles. The third-order valence-corrected chi connectivity index (χ3v) is 3.20. The Labute approximate surface area is 117 Å². The molecule has 0 spiro atoms. The highest BCUT2D eigenvalue weighted by atomic mass is 16.4. The summed E-state index contributed by atoms with van der Waals surface area (Å²) in [5.41, 5.74) is 2.54. The molecule has 20 heavy (non-hydrogen) atoms. The summed E-state index contributed by atoms with van der Waals surface area (Å²) in [6, 6.07) is 7.57. The van der Waals surface area contributed by atoms with E-state index in [0.29, 0.717) is 5.56 Å². The van der Waals surface area contributed by atoms with Crippen LogP contribution in [0.4, 0.5) is 0 Å². The molecule has 2 N–H and O–H groups in total. The van der Waals surface area contributed by atoms with Gasteiger partial charge in [-0.15, -0.1) is 0 Å². The first-order valence-corrected chi connectivity index (χ1v) is 6.30. The van der Waals surface area contributed by atoms with Crippen LogP contribution >= 0.6 is 0 Å². The predicted molar refractivity (Wildman–Crippen MR) is 78.1 cm³/mol. The zero-order chi connectivity index (χ0) is 14.9. The topological polar surface area (TPSA) is 76.9 Å². The van der Waals surface area contributed by atoms with Gasteiger partial charge in [0, 0.05) is 23.2 Å². The first kappa shape index (κ1) is 13.9. The van der Waals surface area contributed by atoms with E-state index in [2.05, 4.69) is 11.1 Å². The van der Waals surface area contributed by atoms with Gasteiger partial charge in [0.25, 0.3) is 0 Å². The molecule has 0 bridgehead atoms. The fourth-order valence-electron chi connectivity index (χ4n) is 2.29. The van der Waals surface area contributed by atoms with Gasteiger partial charge >= 0.3 is 5.97 Å². The largest absolute Gasteiger partial charge is 0.478 e. The minimum absolute atomic E-state index is 0.309. The van der Waals surface area contributed by atoms with Gasteiger partial charge in [-0.3, -0.25) is 0 Å². The summed E-state index contributed by atoms with van der Waals surface area (Å²) in [5, 5.41) is 19.1. The van der Waals surface area contributed by atoms with Gasteiger partial charge in [-0.05, 0) is 17.1 Å². The second kappa shape index (κ2) is 4.86. The minimum atomic E-state index is -0.972. The van der Waals surface area contributed by atoms with Crippen LogP contribution in [0.2, 0.25) is 0 Å². The number of carbonyl (C=O) groups is 1. The van der Waals surface area contributed by atoms with Gasteiger partial charge in [-0.1, -0.05) is 32.9 Å². The fraction of sp³-hybridized carbons (Fsp3) is 0.250. The van der Waals surface area contributed by atoms with Crippen LogP contribution in [-0.2, 0) is 4.79 Å². The van der Waals surface area contributed by atoms with Crippen molar-refractivity contribution in [1.29, 1.82) is 5.26 Å². The van der Waals surface area contributed by atoms with Gasteiger partial charge in [0.2, 0.25) is 0 Å². The van der Waals surface area contributed by atoms with Crippen LogP contribution in [0.1, 0.15) is 31.9 Å². The Bertz CT molecular complexity index is 740. The molecule has 1 aromatic carbocycles. The normalized spacial score (nSPS) is 12.4. The minimum Gasteiger partial charge on any atom is -0.478 e. The van der Waals surface area contributed by atoms with Crippen molar-refractivity contribution in [2.45, 2.75) is 20.8 Å². The Morgan fingerprint density at radius 3 is 2.65 bits per heavy atom. The highest BCUT2D eigenvalue weighted by Gasteiger charge is 2.23. The number of allylic oxidation sites excluding steroid dienone is 1. The van der Waals surface area contributed by atoms with Gasteiger partial charge in [0.05, 0.1) is 11.1 Å². The Balaban J connectivity index is 2.74. The van der Waals surface area contributed by atoms with Crippen molar-refractivity contribution in [1.82, 2.24) is 4.98 Å². The number of aromatic amines is 1. The van der Waals surface area contributed by atoms with Crippen LogP contribution in [-0.4, -0.2) is 16.1 Å². The van der Waals surface area contributed by atoms with E-state index in [1.165, 1.54) is 6.08 Å². The Morgan fingerprint density at radius 1 is 1.40 bits per heavy atom. The van der Waals surface area contributed by atoms with Crippen molar-refractivity contribution in [3.8, 4) is 6.07 Å². The molecule has 0 saturated carbocycles. The molecule has 0 amide bonds. The average molecular weight is 268 g/mol. The molecule has 0 saturated heterocycles. The molecule has 0 unspecified atom stereocenters. The van der Waals surface area contributed by atoms with Crippen LogP contribution in [0.15, 0.2) is 30.5 Å². The lowest BCUT2D eigenvalue weighted by atomic mass is 9.81. The lowest BCUT2D eigenvalue weighted by molar-refractivity contribution is -0.131. The van der Waals surface area contributed by atoms with Gasteiger partial charge in [-0.2, -0.15) is 5.26 Å². The molecule has 0 aliphatic heterocycles. The average Bonchev–Trinajstić information content (AvgIpc) is 2.77. The molecule has 102 valence electrons. The van der Waals surface area contributed by atoms with Crippen molar-refractivity contribution in [2.75, 3.05) is 0 Å². The maximum Gasteiger partial charge on any atom is 0.328 e. The van der Waals surface area contributed by atoms with E-state index in [1.807, 2.05) is 26.8 Å². The highest BCUT2D eigenvalue weighted by molar-refractivity contribution is 6.00. The van der Waals surface area contributed by atoms with E-state index in [-0.39, 0.29) is 5.41 Å². The van der Waals surface area contributed by atoms with E-state index < -0.39 is 5.97 Å². The molecule has 0 radical (unpaired) electrons. The first-order chi connectivity index (χ1) is 9.34.